The lowest BCUT2D eigenvalue weighted by molar-refractivity contribution is 0.747. The van der Waals surface area contributed by atoms with Crippen molar-refractivity contribution in [1.82, 2.24) is 4.98 Å². The summed E-state index contributed by atoms with van der Waals surface area (Å²) < 4.78 is 0. The zero-order valence-corrected chi connectivity index (χ0v) is 25.6. The molecule has 0 amide bonds. The SMILES string of the molecule is C=NC(=NC1=C(c2cccnc2)C2(c3ccccc31)c1ccccc1N1c3c(cccc32)C(=C)/C=C\C=C/C1C)c1ccccc1. The Kier molecular flexibility index (Phi) is 6.58. The highest BCUT2D eigenvalue weighted by Gasteiger charge is 2.54. The van der Waals surface area contributed by atoms with Gasteiger partial charge in [0.15, 0.2) is 5.84 Å². The number of nitrogens with zero attached hydrogens (tertiary/aromatic N) is 4. The Bertz CT molecular complexity index is 2150. The molecule has 2 aliphatic heterocycles. The molecule has 2 atom stereocenters. The molecule has 0 bridgehead atoms. The quantitative estimate of drug-likeness (QED) is 0.155. The van der Waals surface area contributed by atoms with Crippen molar-refractivity contribution in [2.75, 3.05) is 4.90 Å². The minimum atomic E-state index is -0.707. The van der Waals surface area contributed by atoms with Crippen molar-refractivity contribution in [3.05, 3.63) is 191 Å². The lowest BCUT2D eigenvalue weighted by Crippen LogP contribution is -2.41. The Labute approximate surface area is 269 Å². The molecule has 0 fully saturated rings. The van der Waals surface area contributed by atoms with Gasteiger partial charge in [-0.1, -0.05) is 128 Å². The van der Waals surface area contributed by atoms with Gasteiger partial charge in [0.05, 0.1) is 16.8 Å². The summed E-state index contributed by atoms with van der Waals surface area (Å²) in [5.74, 6) is 0.576. The van der Waals surface area contributed by atoms with E-state index in [1.807, 2.05) is 48.8 Å². The van der Waals surface area contributed by atoms with E-state index in [-0.39, 0.29) is 6.04 Å². The van der Waals surface area contributed by atoms with Crippen molar-refractivity contribution in [3.8, 4) is 0 Å². The minimum absolute atomic E-state index is 0.0866. The second-order valence-corrected chi connectivity index (χ2v) is 11.8. The molecule has 3 aliphatic rings. The lowest BCUT2D eigenvalue weighted by atomic mass is 9.62. The number of allylic oxidation sites excluding steroid dienone is 5. The smallest absolute Gasteiger partial charge is 0.159 e. The molecule has 0 saturated carbocycles. The summed E-state index contributed by atoms with van der Waals surface area (Å²) in [4.78, 5) is 17.0. The van der Waals surface area contributed by atoms with Gasteiger partial charge in [-0.15, -0.1) is 0 Å². The third kappa shape index (κ3) is 3.97. The van der Waals surface area contributed by atoms with Crippen LogP contribution in [0.15, 0.2) is 162 Å². The molecule has 0 saturated heterocycles. The fraction of sp³-hybridized carbons (Fsp3) is 0.0714. The van der Waals surface area contributed by atoms with Gasteiger partial charge in [0.2, 0.25) is 0 Å². The minimum Gasteiger partial charge on any atom is -0.334 e. The maximum Gasteiger partial charge on any atom is 0.159 e. The van der Waals surface area contributed by atoms with Crippen LogP contribution in [-0.4, -0.2) is 23.6 Å². The molecule has 46 heavy (non-hydrogen) atoms. The number of rotatable bonds is 3. The van der Waals surface area contributed by atoms with Gasteiger partial charge < -0.3 is 4.90 Å². The zero-order valence-electron chi connectivity index (χ0n) is 25.6. The zero-order chi connectivity index (χ0) is 31.3. The number of aliphatic imine (C=N–C) groups is 2. The van der Waals surface area contributed by atoms with Gasteiger partial charge in [-0.05, 0) is 53.6 Å². The first-order valence-corrected chi connectivity index (χ1v) is 15.6. The molecule has 220 valence electrons. The fourth-order valence-corrected chi connectivity index (χ4v) is 7.51. The van der Waals surface area contributed by atoms with E-state index < -0.39 is 5.41 Å². The molecule has 8 rings (SSSR count). The average Bonchev–Trinajstić information content (AvgIpc) is 3.42. The molecule has 4 heteroatoms. The van der Waals surface area contributed by atoms with E-state index in [4.69, 9.17) is 4.99 Å². The number of hydrogen-bond acceptors (Lipinski definition) is 3. The summed E-state index contributed by atoms with van der Waals surface area (Å²) in [5.41, 5.74) is 12.1. The van der Waals surface area contributed by atoms with Crippen LogP contribution in [0, 0.1) is 0 Å². The standard InChI is InChI=1S/C42H32N4/c1-28-15-7-8-16-29(2)46-37-25-12-11-23-35(37)42(36-24-13-21-32(28)40(36)46)34-22-10-9-20-33(34)39(38(42)31-19-14-26-44-27-31)45-41(43-3)30-17-5-4-6-18-30/h4-27,29H,1,3H2,2H3/b15-7-,16-8-,45-41?. The van der Waals surface area contributed by atoms with Crippen molar-refractivity contribution in [2.45, 2.75) is 18.4 Å². The number of anilines is 2. The maximum atomic E-state index is 5.40. The first kappa shape index (κ1) is 27.7. The number of aromatic nitrogens is 1. The van der Waals surface area contributed by atoms with E-state index >= 15 is 0 Å². The van der Waals surface area contributed by atoms with Crippen LogP contribution >= 0.6 is 0 Å². The number of hydrogen-bond donors (Lipinski definition) is 0. The van der Waals surface area contributed by atoms with Crippen molar-refractivity contribution >= 4 is 40.8 Å². The highest BCUT2D eigenvalue weighted by molar-refractivity contribution is 6.13. The van der Waals surface area contributed by atoms with Crippen LogP contribution in [0.4, 0.5) is 11.4 Å². The van der Waals surface area contributed by atoms with Gasteiger partial charge in [0, 0.05) is 46.4 Å². The van der Waals surface area contributed by atoms with Gasteiger partial charge in [0.1, 0.15) is 0 Å². The molecule has 2 unspecified atom stereocenters. The number of fused-ring (bicyclic) bond motifs is 6. The molecule has 1 aliphatic carbocycles. The van der Waals surface area contributed by atoms with E-state index in [9.17, 15) is 0 Å². The molecule has 4 aromatic carbocycles. The van der Waals surface area contributed by atoms with Crippen molar-refractivity contribution in [3.63, 3.8) is 0 Å². The first-order chi connectivity index (χ1) is 22.6. The molecular formula is C42H32N4. The van der Waals surface area contributed by atoms with Crippen LogP contribution in [0.5, 0.6) is 0 Å². The largest absolute Gasteiger partial charge is 0.334 e. The summed E-state index contributed by atoms with van der Waals surface area (Å²) >= 11 is 0. The van der Waals surface area contributed by atoms with Gasteiger partial charge in [-0.3, -0.25) is 4.98 Å². The maximum absolute atomic E-state index is 5.40. The normalized spacial score (nSPS) is 21.1. The Hall–Kier alpha value is -5.87. The Morgan fingerprint density at radius 1 is 0.783 bits per heavy atom. The van der Waals surface area contributed by atoms with E-state index in [0.717, 1.165) is 50.5 Å². The predicted octanol–water partition coefficient (Wildman–Crippen LogP) is 9.42. The molecule has 4 nitrogen and oxygen atoms in total. The van der Waals surface area contributed by atoms with E-state index in [1.165, 1.54) is 16.7 Å². The van der Waals surface area contributed by atoms with Crippen LogP contribution in [0.25, 0.3) is 16.8 Å². The summed E-state index contributed by atoms with van der Waals surface area (Å²) in [7, 11) is 0. The molecule has 1 spiro atoms. The highest BCUT2D eigenvalue weighted by Crippen LogP contribution is 2.65. The van der Waals surface area contributed by atoms with Crippen molar-refractivity contribution in [2.24, 2.45) is 9.98 Å². The third-order valence-corrected chi connectivity index (χ3v) is 9.35. The van der Waals surface area contributed by atoms with Crippen LogP contribution < -0.4 is 4.90 Å². The molecule has 0 N–H and O–H groups in total. The Balaban J connectivity index is 1.58. The van der Waals surface area contributed by atoms with Crippen LogP contribution in [-0.2, 0) is 5.41 Å². The number of para-hydroxylation sites is 2. The van der Waals surface area contributed by atoms with Crippen LogP contribution in [0.1, 0.15) is 45.9 Å². The molecular weight excluding hydrogens is 560 g/mol. The van der Waals surface area contributed by atoms with E-state index in [2.05, 4.69) is 132 Å². The average molecular weight is 593 g/mol. The molecule has 3 heterocycles. The lowest BCUT2D eigenvalue weighted by Gasteiger charge is -2.48. The van der Waals surface area contributed by atoms with E-state index in [1.54, 1.807) is 0 Å². The number of benzene rings is 4. The summed E-state index contributed by atoms with van der Waals surface area (Å²) in [5, 5.41) is 0. The fourth-order valence-electron chi connectivity index (χ4n) is 7.51. The monoisotopic (exact) mass is 592 g/mol. The van der Waals surface area contributed by atoms with Crippen molar-refractivity contribution in [1.29, 1.82) is 0 Å². The Morgan fingerprint density at radius 3 is 2.33 bits per heavy atom. The second kappa shape index (κ2) is 10.9. The first-order valence-electron chi connectivity index (χ1n) is 15.6. The number of amidine groups is 1. The number of pyridine rings is 1. The van der Waals surface area contributed by atoms with Gasteiger partial charge >= 0.3 is 0 Å². The predicted molar refractivity (Wildman–Crippen MR) is 192 cm³/mol. The highest BCUT2D eigenvalue weighted by atomic mass is 15.2. The van der Waals surface area contributed by atoms with Crippen molar-refractivity contribution < 1.29 is 0 Å². The van der Waals surface area contributed by atoms with Crippen LogP contribution in [0.3, 0.4) is 0 Å². The Morgan fingerprint density at radius 2 is 1.52 bits per heavy atom. The second-order valence-electron chi connectivity index (χ2n) is 11.8. The molecule has 1 aromatic heterocycles. The summed E-state index contributed by atoms with van der Waals surface area (Å²) in [6.45, 7) is 10.7. The van der Waals surface area contributed by atoms with Gasteiger partial charge in [-0.25, -0.2) is 9.98 Å². The third-order valence-electron chi connectivity index (χ3n) is 9.35. The van der Waals surface area contributed by atoms with E-state index in [0.29, 0.717) is 5.84 Å². The molecule has 5 aromatic rings. The summed E-state index contributed by atoms with van der Waals surface area (Å²) in [6, 6.07) is 38.5. The summed E-state index contributed by atoms with van der Waals surface area (Å²) in [6.07, 6.45) is 12.4. The van der Waals surface area contributed by atoms with Gasteiger partial charge in [0.25, 0.3) is 0 Å². The van der Waals surface area contributed by atoms with Crippen LogP contribution in [0.2, 0.25) is 0 Å². The molecule has 0 radical (unpaired) electrons. The van der Waals surface area contributed by atoms with Gasteiger partial charge in [-0.2, -0.15) is 0 Å². The topological polar surface area (TPSA) is 40.9 Å².